The van der Waals surface area contributed by atoms with Crippen LogP contribution in [0.1, 0.15) is 28.9 Å². The monoisotopic (exact) mass is 845 g/mol. The molecule has 2 saturated heterocycles. The number of non-ortho nitro benzene ring substituents is 1. The molecule has 2 fully saturated rings. The van der Waals surface area contributed by atoms with Gasteiger partial charge in [0, 0.05) is 59.3 Å². The molecule has 0 unspecified atom stereocenters. The van der Waals surface area contributed by atoms with E-state index in [1.807, 2.05) is 0 Å². The zero-order valence-corrected chi connectivity index (χ0v) is 32.9. The fraction of sp³-hybridized carbons (Fsp3) is 0.270. The van der Waals surface area contributed by atoms with Gasteiger partial charge in [-0.3, -0.25) is 48.6 Å². The van der Waals surface area contributed by atoms with Crippen LogP contribution in [0.2, 0.25) is 0 Å². The maximum Gasteiger partial charge on any atom is 0.330 e. The van der Waals surface area contributed by atoms with E-state index in [4.69, 9.17) is 0 Å². The molecule has 0 bridgehead atoms. The molecule has 0 aliphatic carbocycles. The van der Waals surface area contributed by atoms with Crippen molar-refractivity contribution in [3.05, 3.63) is 112 Å². The predicted octanol–water partition coefficient (Wildman–Crippen LogP) is -1.33. The third-order valence-electron chi connectivity index (χ3n) is 9.80. The number of aromatic nitrogens is 1. The van der Waals surface area contributed by atoms with Crippen molar-refractivity contribution in [1.29, 1.82) is 0 Å². The van der Waals surface area contributed by atoms with Gasteiger partial charge in [-0.05, 0) is 30.2 Å². The van der Waals surface area contributed by atoms with Crippen molar-refractivity contribution in [3.8, 4) is 0 Å². The Labute approximate surface area is 343 Å². The maximum atomic E-state index is 14.3. The molecule has 3 aromatic rings. The van der Waals surface area contributed by atoms with Crippen LogP contribution in [0.15, 0.2) is 95.3 Å². The Morgan fingerprint density at radius 1 is 1.03 bits per heavy atom. The summed E-state index contributed by atoms with van der Waals surface area (Å²) in [6, 6.07) is 14.6. The minimum atomic E-state index is -2.18. The smallest absolute Gasteiger partial charge is 0.330 e. The number of piperazine rings is 1. The first-order valence-electron chi connectivity index (χ1n) is 17.8. The van der Waals surface area contributed by atoms with E-state index in [1.54, 1.807) is 49.6 Å². The number of thioether (sulfide) groups is 2. The van der Waals surface area contributed by atoms with Gasteiger partial charge in [-0.15, -0.1) is 28.5 Å². The number of fused-ring (bicyclic) bond motifs is 1. The Bertz CT molecular complexity index is 2250. The first-order chi connectivity index (χ1) is 28.3. The van der Waals surface area contributed by atoms with E-state index in [1.165, 1.54) is 69.8 Å². The van der Waals surface area contributed by atoms with E-state index in [9.17, 15) is 53.6 Å². The second-order valence-corrected chi connectivity index (χ2v) is 15.2. The average Bonchev–Trinajstić information content (AvgIpc) is 3.25. The third kappa shape index (κ3) is 7.90. The molecule has 0 radical (unpaired) electrons. The number of hydrogen-bond acceptors (Lipinski definition) is 13. The average molecular weight is 846 g/mol. The van der Waals surface area contributed by atoms with E-state index < -0.39 is 63.2 Å². The molecule has 3 aliphatic rings. The minimum absolute atomic E-state index is 0.0309. The number of pyridine rings is 1. The lowest BCUT2D eigenvalue weighted by Gasteiger charge is -2.57. The summed E-state index contributed by atoms with van der Waals surface area (Å²) in [7, 11) is 1.51. The van der Waals surface area contributed by atoms with Crippen LogP contribution in [0.5, 0.6) is 0 Å². The number of nitrogens with one attached hydrogen (secondary N) is 2. The molecule has 3 aliphatic heterocycles. The number of carboxylic acids is 1. The lowest BCUT2D eigenvalue weighted by atomic mass is 9.94. The summed E-state index contributed by atoms with van der Waals surface area (Å²) in [4.78, 5) is 118. The molecule has 0 saturated carbocycles. The van der Waals surface area contributed by atoms with Crippen molar-refractivity contribution in [2.24, 2.45) is 0 Å². The largest absolute Gasteiger partial charge is 0.543 e. The van der Waals surface area contributed by atoms with Crippen molar-refractivity contribution in [2.75, 3.05) is 43.2 Å². The summed E-state index contributed by atoms with van der Waals surface area (Å²) in [5, 5.41) is 30.1. The summed E-state index contributed by atoms with van der Waals surface area (Å²) < 4.78 is 1.48. The van der Waals surface area contributed by atoms with Gasteiger partial charge in [0.05, 0.1) is 30.2 Å². The number of carbonyl (C=O) groups is 8. The van der Waals surface area contributed by atoms with Crippen LogP contribution in [0.25, 0.3) is 0 Å². The van der Waals surface area contributed by atoms with Crippen molar-refractivity contribution in [2.45, 2.75) is 28.9 Å². The van der Waals surface area contributed by atoms with Crippen LogP contribution in [-0.4, -0.2) is 122 Å². The summed E-state index contributed by atoms with van der Waals surface area (Å²) in [5.41, 5.74) is -2.07. The SMILES string of the molecule is CCN1CCN(N(C=O)[C@@H](C(=O)N[C@]2(NC=O)C(=O)N3C(C(=O)[O-])=C(CSc4cc[n+](N(C)C(=O)c5ccc([N+](=O)[O-])cc5)cc4)CS[C@@H]32)c2ccccc2)C(=O)C1=O. The van der Waals surface area contributed by atoms with E-state index in [0.29, 0.717) is 10.5 Å². The summed E-state index contributed by atoms with van der Waals surface area (Å²) in [6.45, 7) is 1.87. The first kappa shape index (κ1) is 41.8. The molecule has 306 valence electrons. The fourth-order valence-electron chi connectivity index (χ4n) is 6.75. The van der Waals surface area contributed by atoms with Gasteiger partial charge in [0.15, 0.2) is 6.04 Å². The van der Waals surface area contributed by atoms with Crippen LogP contribution in [0, 0.1) is 10.1 Å². The van der Waals surface area contributed by atoms with E-state index in [0.717, 1.165) is 26.7 Å². The molecule has 2 N–H and O–H groups in total. The van der Waals surface area contributed by atoms with E-state index in [-0.39, 0.29) is 60.8 Å². The van der Waals surface area contributed by atoms with Gasteiger partial charge in [-0.25, -0.2) is 10.0 Å². The number of nitrogens with zero attached hydrogens (tertiary/aromatic N) is 7. The summed E-state index contributed by atoms with van der Waals surface area (Å²) in [5.74, 6) is -5.97. The maximum absolute atomic E-state index is 14.3. The summed E-state index contributed by atoms with van der Waals surface area (Å²) in [6.07, 6.45) is 3.55. The molecule has 3 atom stereocenters. The predicted molar refractivity (Wildman–Crippen MR) is 205 cm³/mol. The molecule has 6 rings (SSSR count). The highest BCUT2D eigenvalue weighted by Crippen LogP contribution is 2.46. The number of nitro groups is 1. The van der Waals surface area contributed by atoms with Gasteiger partial charge >= 0.3 is 17.7 Å². The van der Waals surface area contributed by atoms with Gasteiger partial charge in [0.1, 0.15) is 5.37 Å². The Morgan fingerprint density at radius 2 is 1.71 bits per heavy atom. The molecule has 0 spiro atoms. The number of rotatable bonds is 16. The minimum Gasteiger partial charge on any atom is -0.543 e. The molecular formula is C37H35N9O11S2. The van der Waals surface area contributed by atoms with Crippen molar-refractivity contribution >= 4 is 77.5 Å². The van der Waals surface area contributed by atoms with E-state index in [2.05, 4.69) is 10.6 Å². The Balaban J connectivity index is 1.19. The second kappa shape index (κ2) is 17.4. The molecule has 1 aromatic heterocycles. The van der Waals surface area contributed by atoms with Gasteiger partial charge < -0.3 is 25.4 Å². The van der Waals surface area contributed by atoms with Crippen LogP contribution in [0.4, 0.5) is 5.69 Å². The zero-order valence-electron chi connectivity index (χ0n) is 31.3. The lowest BCUT2D eigenvalue weighted by molar-refractivity contribution is -0.679. The standard InChI is InChI=1S/C37H35N9O11S2/c1-3-41-17-18-43(33(52)32(41)51)44(22-48)28(23-7-5-4-6-8-23)30(49)39-37(38-21-47)35(55)45-29(34(53)54)25(20-59-36(37)45)19-58-27-13-15-42(16-14-27)40(2)31(50)24-9-11-26(12-10-24)46(56)57/h4-16,21-22,28,36H,3,17-20H2,1-2H3,(H2-,38,39,47,49,53,54)/t28-,36-,37-/m1/s1. The van der Waals surface area contributed by atoms with Gasteiger partial charge in [0.2, 0.25) is 30.9 Å². The molecule has 22 heteroatoms. The van der Waals surface area contributed by atoms with Crippen LogP contribution >= 0.6 is 23.5 Å². The third-order valence-corrected chi connectivity index (χ3v) is 12.3. The van der Waals surface area contributed by atoms with E-state index >= 15 is 0 Å². The number of benzene rings is 2. The number of carbonyl (C=O) groups excluding carboxylic acids is 8. The lowest BCUT2D eigenvalue weighted by Crippen LogP contribution is -2.85. The number of carboxylic acid groups (broad SMARTS) is 1. The number of β-lactam (4-membered cyclic amide) rings is 1. The quantitative estimate of drug-likeness (QED) is 0.0248. The van der Waals surface area contributed by atoms with Crippen molar-refractivity contribution in [3.63, 3.8) is 0 Å². The fourth-order valence-corrected chi connectivity index (χ4v) is 9.20. The van der Waals surface area contributed by atoms with Crippen LogP contribution < -0.4 is 25.4 Å². The number of nitro benzene ring substituents is 1. The molecular weight excluding hydrogens is 811 g/mol. The Hall–Kier alpha value is -6.81. The molecule has 20 nitrogen and oxygen atoms in total. The highest BCUT2D eigenvalue weighted by molar-refractivity contribution is 8.01. The Kier molecular flexibility index (Phi) is 12.3. The number of amides is 7. The number of aliphatic carboxylic acids is 1. The Morgan fingerprint density at radius 3 is 2.31 bits per heavy atom. The van der Waals surface area contributed by atoms with Gasteiger partial charge in [-0.1, -0.05) is 35.0 Å². The normalized spacial score (nSPS) is 19.3. The van der Waals surface area contributed by atoms with Gasteiger partial charge in [0.25, 0.3) is 17.5 Å². The van der Waals surface area contributed by atoms with Crippen molar-refractivity contribution in [1.82, 2.24) is 30.5 Å². The highest BCUT2D eigenvalue weighted by Gasteiger charge is 2.65. The number of hydrogen-bond donors (Lipinski definition) is 2. The van der Waals surface area contributed by atoms with Crippen molar-refractivity contribution < 1.29 is 53.1 Å². The topological polar surface area (TPSA) is 247 Å². The zero-order chi connectivity index (χ0) is 42.6. The molecule has 7 amide bonds. The number of likely N-dealkylation sites (N-methyl/N-ethyl adjacent to an activating group) is 1. The second-order valence-electron chi connectivity index (χ2n) is 13.1. The van der Waals surface area contributed by atoms with Crippen LogP contribution in [-0.2, 0) is 33.6 Å². The molecule has 2 aromatic carbocycles. The first-order valence-corrected chi connectivity index (χ1v) is 19.8. The molecule has 59 heavy (non-hydrogen) atoms. The highest BCUT2D eigenvalue weighted by atomic mass is 32.2. The summed E-state index contributed by atoms with van der Waals surface area (Å²) >= 11 is 2.29. The van der Waals surface area contributed by atoms with Gasteiger partial charge in [-0.2, -0.15) is 0 Å². The molecule has 4 heterocycles. The van der Waals surface area contributed by atoms with Crippen LogP contribution in [0.3, 0.4) is 0 Å². The number of hydrazine groups is 1.